The van der Waals surface area contributed by atoms with Crippen molar-refractivity contribution in [1.82, 2.24) is 0 Å². The Morgan fingerprint density at radius 2 is 1.52 bits per heavy atom. The zero-order valence-corrected chi connectivity index (χ0v) is 14.0. The second-order valence-corrected chi connectivity index (χ2v) is 5.02. The van der Waals surface area contributed by atoms with Crippen molar-refractivity contribution < 1.29 is 23.9 Å². The van der Waals surface area contributed by atoms with Crippen LogP contribution in [0, 0.1) is 6.92 Å². The van der Waals surface area contributed by atoms with Crippen molar-refractivity contribution in [3.8, 4) is 0 Å². The molecule has 0 amide bonds. The first-order chi connectivity index (χ1) is 10.9. The minimum atomic E-state index is -0.424. The van der Waals surface area contributed by atoms with Crippen LogP contribution in [0.4, 0.5) is 5.69 Å². The molecule has 0 aliphatic carbocycles. The molecule has 0 N–H and O–H groups in total. The maximum Gasteiger partial charge on any atom is 0.325 e. The fraction of sp³-hybridized carbons (Fsp3) is 0.471. The first kappa shape index (κ1) is 18.7. The molecule has 1 rings (SSSR count). The molecule has 6 heteroatoms. The lowest BCUT2D eigenvalue weighted by Crippen LogP contribution is -2.36. The maximum atomic E-state index is 11.8. The number of anilines is 1. The fourth-order valence-electron chi connectivity index (χ4n) is 2.18. The topological polar surface area (TPSA) is 72.9 Å². The summed E-state index contributed by atoms with van der Waals surface area (Å²) in [5.74, 6) is -0.888. The molecule has 23 heavy (non-hydrogen) atoms. The van der Waals surface area contributed by atoms with Gasteiger partial charge in [-0.3, -0.25) is 14.4 Å². The van der Waals surface area contributed by atoms with Crippen LogP contribution in [-0.2, 0) is 19.1 Å². The van der Waals surface area contributed by atoms with Gasteiger partial charge >= 0.3 is 11.9 Å². The van der Waals surface area contributed by atoms with Crippen LogP contribution in [-0.4, -0.2) is 44.0 Å². The minimum absolute atomic E-state index is 0.0398. The Morgan fingerprint density at radius 3 is 1.91 bits per heavy atom. The molecule has 6 nitrogen and oxygen atoms in total. The Morgan fingerprint density at radius 1 is 1.00 bits per heavy atom. The molecule has 0 bridgehead atoms. The van der Waals surface area contributed by atoms with Crippen LogP contribution in [0.2, 0.25) is 0 Å². The quantitative estimate of drug-likeness (QED) is 0.539. The van der Waals surface area contributed by atoms with E-state index in [0.717, 1.165) is 5.56 Å². The van der Waals surface area contributed by atoms with E-state index in [1.807, 2.05) is 6.92 Å². The van der Waals surface area contributed by atoms with Gasteiger partial charge in [0.25, 0.3) is 0 Å². The van der Waals surface area contributed by atoms with E-state index in [2.05, 4.69) is 0 Å². The molecule has 0 spiro atoms. The third kappa shape index (κ3) is 5.73. The van der Waals surface area contributed by atoms with Gasteiger partial charge in [0.05, 0.1) is 13.2 Å². The number of hydrogen-bond acceptors (Lipinski definition) is 6. The van der Waals surface area contributed by atoms with Crippen LogP contribution >= 0.6 is 0 Å². The van der Waals surface area contributed by atoms with Gasteiger partial charge in [-0.15, -0.1) is 0 Å². The first-order valence-electron chi connectivity index (χ1n) is 7.56. The Kier molecular flexibility index (Phi) is 7.25. The van der Waals surface area contributed by atoms with Gasteiger partial charge in [-0.2, -0.15) is 0 Å². The molecule has 0 saturated heterocycles. The molecule has 0 radical (unpaired) electrons. The van der Waals surface area contributed by atoms with Gasteiger partial charge in [0.1, 0.15) is 13.1 Å². The Bertz CT molecular complexity index is 562. The lowest BCUT2D eigenvalue weighted by Gasteiger charge is -2.24. The Hall–Kier alpha value is -2.37. The van der Waals surface area contributed by atoms with Crippen molar-refractivity contribution in [2.24, 2.45) is 0 Å². The summed E-state index contributed by atoms with van der Waals surface area (Å²) in [4.78, 5) is 36.6. The molecule has 0 saturated carbocycles. The van der Waals surface area contributed by atoms with Crippen molar-refractivity contribution >= 4 is 23.4 Å². The predicted molar refractivity (Wildman–Crippen MR) is 86.7 cm³/mol. The standard InChI is InChI=1S/C17H23NO5/c1-5-22-16(20)10-18(11-17(21)23-6-2)15-8-7-14(13(4)19)9-12(15)3/h7-9H,5-6,10-11H2,1-4H3. The molecule has 0 aliphatic rings. The zero-order valence-electron chi connectivity index (χ0n) is 14.0. The van der Waals surface area contributed by atoms with Crippen molar-refractivity contribution in [3.05, 3.63) is 29.3 Å². The van der Waals surface area contributed by atoms with Crippen molar-refractivity contribution in [3.63, 3.8) is 0 Å². The fourth-order valence-corrected chi connectivity index (χ4v) is 2.18. The number of carbonyl (C=O) groups excluding carboxylic acids is 3. The van der Waals surface area contributed by atoms with E-state index in [4.69, 9.17) is 9.47 Å². The van der Waals surface area contributed by atoms with Gasteiger partial charge in [-0.25, -0.2) is 0 Å². The van der Waals surface area contributed by atoms with Gasteiger partial charge < -0.3 is 14.4 Å². The number of ether oxygens (including phenoxy) is 2. The molecule has 1 aromatic rings. The third-order valence-corrected chi connectivity index (χ3v) is 3.19. The lowest BCUT2D eigenvalue weighted by atomic mass is 10.1. The smallest absolute Gasteiger partial charge is 0.325 e. The second-order valence-electron chi connectivity index (χ2n) is 5.02. The maximum absolute atomic E-state index is 11.8. The SMILES string of the molecule is CCOC(=O)CN(CC(=O)OCC)c1ccc(C(C)=O)cc1C. The highest BCUT2D eigenvalue weighted by atomic mass is 16.5. The summed E-state index contributed by atoms with van der Waals surface area (Å²) >= 11 is 0. The molecule has 126 valence electrons. The van der Waals surface area contributed by atoms with E-state index >= 15 is 0 Å². The largest absolute Gasteiger partial charge is 0.465 e. The second kappa shape index (κ2) is 8.92. The van der Waals surface area contributed by atoms with Gasteiger partial charge in [-0.05, 0) is 51.5 Å². The van der Waals surface area contributed by atoms with Crippen molar-refractivity contribution in [1.29, 1.82) is 0 Å². The van der Waals surface area contributed by atoms with Crippen molar-refractivity contribution in [2.45, 2.75) is 27.7 Å². The first-order valence-corrected chi connectivity index (χ1v) is 7.56. The average molecular weight is 321 g/mol. The summed E-state index contributed by atoms with van der Waals surface area (Å²) in [5.41, 5.74) is 2.07. The molecule has 1 aromatic carbocycles. The van der Waals surface area contributed by atoms with E-state index in [0.29, 0.717) is 11.3 Å². The van der Waals surface area contributed by atoms with E-state index < -0.39 is 11.9 Å². The normalized spacial score (nSPS) is 10.1. The number of esters is 2. The lowest BCUT2D eigenvalue weighted by molar-refractivity contribution is -0.142. The summed E-state index contributed by atoms with van der Waals surface area (Å²) in [6.07, 6.45) is 0. The van der Waals surface area contributed by atoms with Crippen LogP contribution < -0.4 is 4.90 Å². The number of aryl methyl sites for hydroxylation is 1. The Labute approximate surface area is 136 Å². The molecule has 0 aliphatic heterocycles. The number of carbonyl (C=O) groups is 3. The van der Waals surface area contributed by atoms with E-state index in [9.17, 15) is 14.4 Å². The number of Topliss-reactive ketones (excluding diaryl/α,β-unsaturated/α-hetero) is 1. The molecule has 0 heterocycles. The summed E-state index contributed by atoms with van der Waals surface area (Å²) < 4.78 is 9.90. The van der Waals surface area contributed by atoms with Gasteiger partial charge in [0.2, 0.25) is 0 Å². The van der Waals surface area contributed by atoms with Gasteiger partial charge in [-0.1, -0.05) is 0 Å². The molecule has 0 aromatic heterocycles. The molecular weight excluding hydrogens is 298 g/mol. The zero-order chi connectivity index (χ0) is 17.4. The van der Waals surface area contributed by atoms with Crippen LogP contribution in [0.3, 0.4) is 0 Å². The summed E-state index contributed by atoms with van der Waals surface area (Å²) in [5, 5.41) is 0. The molecule has 0 fully saturated rings. The highest BCUT2D eigenvalue weighted by molar-refractivity contribution is 5.95. The van der Waals surface area contributed by atoms with E-state index in [-0.39, 0.29) is 32.1 Å². The van der Waals surface area contributed by atoms with Crippen LogP contribution in [0.15, 0.2) is 18.2 Å². The van der Waals surface area contributed by atoms with Gasteiger partial charge in [0.15, 0.2) is 5.78 Å². The number of nitrogens with zero attached hydrogens (tertiary/aromatic N) is 1. The summed E-state index contributed by atoms with van der Waals surface area (Å²) in [6.45, 7) is 7.18. The van der Waals surface area contributed by atoms with E-state index in [1.165, 1.54) is 6.92 Å². The van der Waals surface area contributed by atoms with E-state index in [1.54, 1.807) is 36.9 Å². The highest BCUT2D eigenvalue weighted by Gasteiger charge is 2.19. The number of ketones is 1. The monoisotopic (exact) mass is 321 g/mol. The third-order valence-electron chi connectivity index (χ3n) is 3.19. The van der Waals surface area contributed by atoms with Crippen LogP contribution in [0.5, 0.6) is 0 Å². The minimum Gasteiger partial charge on any atom is -0.465 e. The number of benzene rings is 1. The summed E-state index contributed by atoms with van der Waals surface area (Å²) in [7, 11) is 0. The Balaban J connectivity index is 3.04. The number of rotatable bonds is 8. The average Bonchev–Trinajstić information content (AvgIpc) is 2.46. The van der Waals surface area contributed by atoms with Crippen LogP contribution in [0.25, 0.3) is 0 Å². The molecule has 0 unspecified atom stereocenters. The highest BCUT2D eigenvalue weighted by Crippen LogP contribution is 2.22. The van der Waals surface area contributed by atoms with Gasteiger partial charge in [0, 0.05) is 11.3 Å². The van der Waals surface area contributed by atoms with Crippen LogP contribution in [0.1, 0.15) is 36.7 Å². The molecule has 0 atom stereocenters. The predicted octanol–water partition coefficient (Wildman–Crippen LogP) is 2.13. The number of hydrogen-bond donors (Lipinski definition) is 0. The molecular formula is C17H23NO5. The summed E-state index contributed by atoms with van der Waals surface area (Å²) in [6, 6.07) is 5.14. The van der Waals surface area contributed by atoms with Crippen molar-refractivity contribution in [2.75, 3.05) is 31.2 Å².